The summed E-state index contributed by atoms with van der Waals surface area (Å²) in [5.41, 5.74) is 0.215. The fraction of sp³-hybridized carbons (Fsp3) is 0.200. The molecule has 0 aliphatic rings. The SMILES string of the molecule is CNC(c1ccc(C(F)(F)F)cc1)c1cc2sccc2s1. The van der Waals surface area contributed by atoms with Crippen LogP contribution in [0.5, 0.6) is 0 Å². The number of hydrogen-bond donors (Lipinski definition) is 1. The van der Waals surface area contributed by atoms with Crippen molar-refractivity contribution in [1.82, 2.24) is 5.32 Å². The monoisotopic (exact) mass is 327 g/mol. The van der Waals surface area contributed by atoms with Crippen LogP contribution < -0.4 is 5.32 Å². The van der Waals surface area contributed by atoms with E-state index in [4.69, 9.17) is 0 Å². The maximum absolute atomic E-state index is 12.6. The summed E-state index contributed by atoms with van der Waals surface area (Å²) in [6.45, 7) is 0. The summed E-state index contributed by atoms with van der Waals surface area (Å²) in [5.74, 6) is 0. The van der Waals surface area contributed by atoms with Crippen molar-refractivity contribution >= 4 is 32.1 Å². The fourth-order valence-corrected chi connectivity index (χ4v) is 4.52. The summed E-state index contributed by atoms with van der Waals surface area (Å²) in [6, 6.07) is 9.43. The molecule has 0 aliphatic carbocycles. The standard InChI is InChI=1S/C15H12F3NS2/c1-19-14(13-8-12-11(21-13)6-7-20-12)9-2-4-10(5-3-9)15(16,17)18/h2-8,14,19H,1H3. The van der Waals surface area contributed by atoms with Crippen LogP contribution in [-0.2, 0) is 6.18 Å². The molecule has 6 heteroatoms. The topological polar surface area (TPSA) is 12.0 Å². The highest BCUT2D eigenvalue weighted by Crippen LogP contribution is 2.36. The van der Waals surface area contributed by atoms with Gasteiger partial charge in [-0.2, -0.15) is 13.2 Å². The normalized spacial score (nSPS) is 13.7. The molecule has 3 aromatic rings. The second-order valence-electron chi connectivity index (χ2n) is 4.64. The molecule has 0 aliphatic heterocycles. The second-order valence-corrected chi connectivity index (χ2v) is 6.70. The van der Waals surface area contributed by atoms with E-state index in [-0.39, 0.29) is 6.04 Å². The number of fused-ring (bicyclic) bond motifs is 1. The first-order valence-corrected chi connectivity index (χ1v) is 8.00. The summed E-state index contributed by atoms with van der Waals surface area (Å²) >= 11 is 3.34. The van der Waals surface area contributed by atoms with E-state index in [1.807, 2.05) is 12.4 Å². The van der Waals surface area contributed by atoms with Crippen molar-refractivity contribution in [3.63, 3.8) is 0 Å². The maximum atomic E-state index is 12.6. The number of halogens is 3. The van der Waals surface area contributed by atoms with Crippen molar-refractivity contribution < 1.29 is 13.2 Å². The van der Waals surface area contributed by atoms with Gasteiger partial charge in [-0.05, 0) is 42.3 Å². The second kappa shape index (κ2) is 5.44. The summed E-state index contributed by atoms with van der Waals surface area (Å²) in [6.07, 6.45) is -4.29. The van der Waals surface area contributed by atoms with Crippen molar-refractivity contribution in [2.45, 2.75) is 12.2 Å². The summed E-state index contributed by atoms with van der Waals surface area (Å²) in [7, 11) is 1.82. The van der Waals surface area contributed by atoms with Gasteiger partial charge in [-0.1, -0.05) is 12.1 Å². The third-order valence-electron chi connectivity index (χ3n) is 3.30. The molecule has 110 valence electrons. The van der Waals surface area contributed by atoms with E-state index >= 15 is 0 Å². The Hall–Kier alpha value is -1.37. The predicted octanol–water partition coefficient (Wildman–Crippen LogP) is 5.29. The van der Waals surface area contributed by atoms with Crippen LogP contribution in [0.4, 0.5) is 13.2 Å². The Bertz CT molecular complexity index is 712. The minimum atomic E-state index is -4.29. The molecule has 1 unspecified atom stereocenters. The molecule has 1 nitrogen and oxygen atoms in total. The fourth-order valence-electron chi connectivity index (χ4n) is 2.26. The first kappa shape index (κ1) is 14.6. The van der Waals surface area contributed by atoms with Gasteiger partial charge in [0.05, 0.1) is 11.6 Å². The van der Waals surface area contributed by atoms with Gasteiger partial charge >= 0.3 is 6.18 Å². The lowest BCUT2D eigenvalue weighted by Crippen LogP contribution is -2.16. The average molecular weight is 327 g/mol. The van der Waals surface area contributed by atoms with E-state index < -0.39 is 11.7 Å². The third kappa shape index (κ3) is 2.84. The van der Waals surface area contributed by atoms with Crippen LogP contribution in [0, 0.1) is 0 Å². The number of rotatable bonds is 3. The molecule has 0 spiro atoms. The van der Waals surface area contributed by atoms with Crippen molar-refractivity contribution in [2.24, 2.45) is 0 Å². The van der Waals surface area contributed by atoms with E-state index in [1.54, 1.807) is 22.7 Å². The Morgan fingerprint density at radius 2 is 1.76 bits per heavy atom. The highest BCUT2D eigenvalue weighted by Gasteiger charge is 2.30. The molecular formula is C15H12F3NS2. The molecule has 0 radical (unpaired) electrons. The molecule has 21 heavy (non-hydrogen) atoms. The molecule has 0 saturated heterocycles. The van der Waals surface area contributed by atoms with Gasteiger partial charge in [0.2, 0.25) is 0 Å². The molecule has 0 fully saturated rings. The van der Waals surface area contributed by atoms with Crippen LogP contribution in [0.25, 0.3) is 9.40 Å². The zero-order valence-electron chi connectivity index (χ0n) is 11.1. The first-order valence-electron chi connectivity index (χ1n) is 6.30. The van der Waals surface area contributed by atoms with Crippen LogP contribution in [0.3, 0.4) is 0 Å². The van der Waals surface area contributed by atoms with Crippen molar-refractivity contribution in [3.05, 3.63) is 57.8 Å². The Balaban J connectivity index is 1.94. The Kier molecular flexibility index (Phi) is 3.77. The molecule has 1 atom stereocenters. The van der Waals surface area contributed by atoms with Gasteiger partial charge < -0.3 is 5.32 Å². The van der Waals surface area contributed by atoms with E-state index in [0.717, 1.165) is 22.6 Å². The van der Waals surface area contributed by atoms with Gasteiger partial charge in [0.1, 0.15) is 0 Å². The molecule has 2 heterocycles. The Morgan fingerprint density at radius 1 is 1.05 bits per heavy atom. The zero-order chi connectivity index (χ0) is 15.0. The molecule has 0 saturated carbocycles. The molecule has 1 N–H and O–H groups in total. The van der Waals surface area contributed by atoms with Crippen LogP contribution in [0.2, 0.25) is 0 Å². The van der Waals surface area contributed by atoms with Crippen molar-refractivity contribution in [1.29, 1.82) is 0 Å². The number of hydrogen-bond acceptors (Lipinski definition) is 3. The van der Waals surface area contributed by atoms with Crippen LogP contribution in [-0.4, -0.2) is 7.05 Å². The van der Waals surface area contributed by atoms with Gasteiger partial charge in [0.15, 0.2) is 0 Å². The van der Waals surface area contributed by atoms with Gasteiger partial charge in [-0.3, -0.25) is 0 Å². The van der Waals surface area contributed by atoms with Crippen LogP contribution in [0.1, 0.15) is 22.0 Å². The zero-order valence-corrected chi connectivity index (χ0v) is 12.7. The lowest BCUT2D eigenvalue weighted by atomic mass is 10.0. The highest BCUT2D eigenvalue weighted by molar-refractivity contribution is 7.27. The number of benzene rings is 1. The van der Waals surface area contributed by atoms with E-state index in [0.29, 0.717) is 0 Å². The third-order valence-corrected chi connectivity index (χ3v) is 5.46. The quantitative estimate of drug-likeness (QED) is 0.689. The lowest BCUT2D eigenvalue weighted by molar-refractivity contribution is -0.137. The molecule has 0 amide bonds. The molecule has 0 bridgehead atoms. The predicted molar refractivity (Wildman–Crippen MR) is 82.0 cm³/mol. The number of alkyl halides is 3. The average Bonchev–Trinajstić information content (AvgIpc) is 3.00. The van der Waals surface area contributed by atoms with Gasteiger partial charge in [0.25, 0.3) is 0 Å². The molecule has 3 rings (SSSR count). The minimum Gasteiger partial charge on any atom is -0.309 e. The lowest BCUT2D eigenvalue weighted by Gasteiger charge is -2.16. The summed E-state index contributed by atoms with van der Waals surface area (Å²) < 4.78 is 40.3. The Labute approximate surface area is 128 Å². The van der Waals surface area contributed by atoms with Crippen molar-refractivity contribution in [3.8, 4) is 0 Å². The van der Waals surface area contributed by atoms with Crippen LogP contribution >= 0.6 is 22.7 Å². The smallest absolute Gasteiger partial charge is 0.309 e. The van der Waals surface area contributed by atoms with Gasteiger partial charge in [-0.25, -0.2) is 0 Å². The van der Waals surface area contributed by atoms with Crippen LogP contribution in [0.15, 0.2) is 41.8 Å². The van der Waals surface area contributed by atoms with E-state index in [1.165, 1.54) is 21.5 Å². The Morgan fingerprint density at radius 3 is 2.33 bits per heavy atom. The largest absolute Gasteiger partial charge is 0.416 e. The van der Waals surface area contributed by atoms with E-state index in [9.17, 15) is 13.2 Å². The van der Waals surface area contributed by atoms with Gasteiger partial charge in [0, 0.05) is 14.3 Å². The van der Waals surface area contributed by atoms with Gasteiger partial charge in [-0.15, -0.1) is 22.7 Å². The summed E-state index contributed by atoms with van der Waals surface area (Å²) in [4.78, 5) is 1.11. The van der Waals surface area contributed by atoms with Crippen molar-refractivity contribution in [2.75, 3.05) is 7.05 Å². The highest BCUT2D eigenvalue weighted by atomic mass is 32.1. The first-order chi connectivity index (χ1) is 9.99. The minimum absolute atomic E-state index is 0.0862. The molecular weight excluding hydrogens is 315 g/mol. The summed E-state index contributed by atoms with van der Waals surface area (Å²) in [5, 5.41) is 5.22. The molecule has 2 aromatic heterocycles. The molecule has 1 aromatic carbocycles. The number of nitrogens with one attached hydrogen (secondary N) is 1. The number of thiophene rings is 2. The maximum Gasteiger partial charge on any atom is 0.416 e. The van der Waals surface area contributed by atoms with E-state index in [2.05, 4.69) is 17.4 Å².